The molecule has 0 aliphatic heterocycles. The van der Waals surface area contributed by atoms with Gasteiger partial charge in [-0.25, -0.2) is 0 Å². The molecule has 0 aromatic carbocycles. The Morgan fingerprint density at radius 1 is 1.24 bits per heavy atom. The minimum absolute atomic E-state index is 0.264. The van der Waals surface area contributed by atoms with Gasteiger partial charge in [-0.1, -0.05) is 13.3 Å². The van der Waals surface area contributed by atoms with E-state index >= 15 is 0 Å². The van der Waals surface area contributed by atoms with Crippen LogP contribution < -0.4 is 0 Å². The van der Waals surface area contributed by atoms with Gasteiger partial charge in [-0.05, 0) is 40.5 Å². The van der Waals surface area contributed by atoms with E-state index < -0.39 is 11.2 Å². The summed E-state index contributed by atoms with van der Waals surface area (Å²) < 4.78 is 5.68. The number of rotatable bonds is 9. The van der Waals surface area contributed by atoms with E-state index in [1.54, 1.807) is 13.8 Å². The Labute approximate surface area is 106 Å². The van der Waals surface area contributed by atoms with E-state index in [1.807, 2.05) is 13.8 Å². The first kappa shape index (κ1) is 16.6. The van der Waals surface area contributed by atoms with Gasteiger partial charge in [-0.15, -0.1) is 0 Å². The van der Waals surface area contributed by atoms with Crippen molar-refractivity contribution >= 4 is 5.78 Å². The van der Waals surface area contributed by atoms with Gasteiger partial charge in [0, 0.05) is 12.8 Å². The molecular formula is C14H28O3. The van der Waals surface area contributed by atoms with Crippen molar-refractivity contribution in [1.29, 1.82) is 0 Å². The quantitative estimate of drug-likeness (QED) is 0.678. The summed E-state index contributed by atoms with van der Waals surface area (Å²) in [6.07, 6.45) is 3.69. The molecule has 102 valence electrons. The van der Waals surface area contributed by atoms with Crippen LogP contribution in [0.15, 0.2) is 0 Å². The zero-order valence-electron chi connectivity index (χ0n) is 12.0. The second-order valence-corrected chi connectivity index (χ2v) is 5.99. The Morgan fingerprint density at radius 2 is 1.82 bits per heavy atom. The molecule has 0 bridgehead atoms. The summed E-state index contributed by atoms with van der Waals surface area (Å²) in [5.41, 5.74) is -1.13. The molecule has 0 amide bonds. The number of aliphatic hydroxyl groups is 1. The average molecular weight is 244 g/mol. The van der Waals surface area contributed by atoms with Crippen LogP contribution in [-0.4, -0.2) is 28.7 Å². The lowest BCUT2D eigenvalue weighted by molar-refractivity contribution is -0.126. The zero-order valence-corrected chi connectivity index (χ0v) is 12.0. The second kappa shape index (κ2) is 7.12. The number of hydrogen-bond acceptors (Lipinski definition) is 3. The molecule has 0 aliphatic carbocycles. The lowest BCUT2D eigenvalue weighted by atomic mass is 9.98. The molecule has 0 aromatic rings. The van der Waals surface area contributed by atoms with Crippen molar-refractivity contribution in [3.63, 3.8) is 0 Å². The smallest absolute Gasteiger partial charge is 0.135 e. The summed E-state index contributed by atoms with van der Waals surface area (Å²) in [4.78, 5) is 11.6. The predicted molar refractivity (Wildman–Crippen MR) is 70.1 cm³/mol. The van der Waals surface area contributed by atoms with Crippen LogP contribution >= 0.6 is 0 Å². The van der Waals surface area contributed by atoms with E-state index in [4.69, 9.17) is 4.74 Å². The number of ketones is 1. The van der Waals surface area contributed by atoms with Gasteiger partial charge in [-0.2, -0.15) is 0 Å². The maximum atomic E-state index is 11.6. The average Bonchev–Trinajstić information content (AvgIpc) is 2.11. The first-order valence-electron chi connectivity index (χ1n) is 6.54. The van der Waals surface area contributed by atoms with Crippen LogP contribution in [0.5, 0.6) is 0 Å². The van der Waals surface area contributed by atoms with Gasteiger partial charge in [0.25, 0.3) is 0 Å². The molecule has 0 spiro atoms. The van der Waals surface area contributed by atoms with Gasteiger partial charge >= 0.3 is 0 Å². The van der Waals surface area contributed by atoms with Crippen LogP contribution in [0.3, 0.4) is 0 Å². The lowest BCUT2D eigenvalue weighted by Gasteiger charge is -2.26. The van der Waals surface area contributed by atoms with E-state index in [1.165, 1.54) is 0 Å². The van der Waals surface area contributed by atoms with E-state index in [-0.39, 0.29) is 5.78 Å². The SMILES string of the molecule is CCCCC(=O)CC(C)(C)OCCC(C)(C)O. The van der Waals surface area contributed by atoms with Crippen molar-refractivity contribution in [2.75, 3.05) is 6.61 Å². The highest BCUT2D eigenvalue weighted by Gasteiger charge is 2.23. The monoisotopic (exact) mass is 244 g/mol. The largest absolute Gasteiger partial charge is 0.390 e. The Balaban J connectivity index is 3.90. The topological polar surface area (TPSA) is 46.5 Å². The predicted octanol–water partition coefficient (Wildman–Crippen LogP) is 3.09. The third-order valence-electron chi connectivity index (χ3n) is 2.64. The molecule has 0 fully saturated rings. The maximum absolute atomic E-state index is 11.6. The summed E-state index contributed by atoms with van der Waals surface area (Å²) in [5, 5.41) is 9.57. The summed E-state index contributed by atoms with van der Waals surface area (Å²) in [6, 6.07) is 0. The first-order chi connectivity index (χ1) is 7.66. The fraction of sp³-hybridized carbons (Fsp3) is 0.929. The number of carbonyl (C=O) groups is 1. The van der Waals surface area contributed by atoms with Crippen molar-refractivity contribution in [2.45, 2.75) is 77.9 Å². The number of Topliss-reactive ketones (excluding diaryl/α,β-unsaturated/α-hetero) is 1. The highest BCUT2D eigenvalue weighted by atomic mass is 16.5. The highest BCUT2D eigenvalue weighted by Crippen LogP contribution is 2.18. The van der Waals surface area contributed by atoms with Gasteiger partial charge < -0.3 is 9.84 Å². The van der Waals surface area contributed by atoms with Crippen molar-refractivity contribution in [3.05, 3.63) is 0 Å². The molecule has 0 saturated carbocycles. The number of carbonyl (C=O) groups excluding carboxylic acids is 1. The summed E-state index contributed by atoms with van der Waals surface area (Å²) in [5.74, 6) is 0.264. The summed E-state index contributed by atoms with van der Waals surface area (Å²) in [7, 11) is 0. The van der Waals surface area contributed by atoms with Crippen LogP contribution in [-0.2, 0) is 9.53 Å². The molecule has 1 N–H and O–H groups in total. The highest BCUT2D eigenvalue weighted by molar-refractivity contribution is 5.79. The molecule has 3 nitrogen and oxygen atoms in total. The fourth-order valence-corrected chi connectivity index (χ4v) is 1.57. The fourth-order valence-electron chi connectivity index (χ4n) is 1.57. The van der Waals surface area contributed by atoms with Crippen LogP contribution in [0, 0.1) is 0 Å². The van der Waals surface area contributed by atoms with Gasteiger partial charge in [0.1, 0.15) is 5.78 Å². The molecule has 0 aromatic heterocycles. The van der Waals surface area contributed by atoms with Crippen LogP contribution in [0.2, 0.25) is 0 Å². The van der Waals surface area contributed by atoms with E-state index in [0.717, 1.165) is 12.8 Å². The molecule has 0 radical (unpaired) electrons. The molecule has 0 saturated heterocycles. The Morgan fingerprint density at radius 3 is 2.29 bits per heavy atom. The minimum Gasteiger partial charge on any atom is -0.390 e. The minimum atomic E-state index is -0.706. The van der Waals surface area contributed by atoms with E-state index in [9.17, 15) is 9.90 Å². The number of hydrogen-bond donors (Lipinski definition) is 1. The molecule has 0 aliphatic rings. The first-order valence-corrected chi connectivity index (χ1v) is 6.54. The molecule has 0 rings (SSSR count). The second-order valence-electron chi connectivity index (χ2n) is 5.99. The summed E-state index contributed by atoms with van der Waals surface area (Å²) in [6.45, 7) is 9.95. The van der Waals surface area contributed by atoms with Gasteiger partial charge in [0.15, 0.2) is 0 Å². The van der Waals surface area contributed by atoms with Gasteiger partial charge in [0.05, 0.1) is 17.8 Å². The number of ether oxygens (including phenoxy) is 1. The van der Waals surface area contributed by atoms with E-state index in [2.05, 4.69) is 6.92 Å². The van der Waals surface area contributed by atoms with Crippen molar-refractivity contribution in [1.82, 2.24) is 0 Å². The van der Waals surface area contributed by atoms with Gasteiger partial charge in [0.2, 0.25) is 0 Å². The lowest BCUT2D eigenvalue weighted by Crippen LogP contribution is -2.31. The standard InChI is InChI=1S/C14H28O3/c1-6-7-8-12(15)11-14(4,5)17-10-9-13(2,3)16/h16H,6-11H2,1-5H3. The Kier molecular flexibility index (Phi) is 6.95. The number of unbranched alkanes of at least 4 members (excludes halogenated alkanes) is 1. The van der Waals surface area contributed by atoms with Gasteiger partial charge in [-0.3, -0.25) is 4.79 Å². The third kappa shape index (κ3) is 10.5. The summed E-state index contributed by atoms with van der Waals surface area (Å²) >= 11 is 0. The molecule has 0 atom stereocenters. The van der Waals surface area contributed by atoms with E-state index in [0.29, 0.717) is 25.9 Å². The molecule has 0 unspecified atom stereocenters. The molecule has 17 heavy (non-hydrogen) atoms. The Bertz CT molecular complexity index is 226. The van der Waals surface area contributed by atoms with Crippen LogP contribution in [0.1, 0.15) is 66.7 Å². The van der Waals surface area contributed by atoms with Crippen molar-refractivity contribution in [3.8, 4) is 0 Å². The molecular weight excluding hydrogens is 216 g/mol. The van der Waals surface area contributed by atoms with Crippen molar-refractivity contribution in [2.24, 2.45) is 0 Å². The van der Waals surface area contributed by atoms with Crippen LogP contribution in [0.4, 0.5) is 0 Å². The maximum Gasteiger partial charge on any atom is 0.135 e. The molecule has 0 heterocycles. The van der Waals surface area contributed by atoms with Crippen molar-refractivity contribution < 1.29 is 14.6 Å². The zero-order chi connectivity index (χ0) is 13.5. The normalized spacial score (nSPS) is 12.8. The van der Waals surface area contributed by atoms with Crippen LogP contribution in [0.25, 0.3) is 0 Å². The Hall–Kier alpha value is -0.410. The molecule has 3 heteroatoms. The third-order valence-corrected chi connectivity index (χ3v) is 2.64.